The molecule has 0 saturated heterocycles. The average Bonchev–Trinajstić information content (AvgIpc) is 2.79. The van der Waals surface area contributed by atoms with Crippen LogP contribution < -0.4 is 0 Å². The van der Waals surface area contributed by atoms with Gasteiger partial charge < -0.3 is 10.1 Å². The fourth-order valence-corrected chi connectivity index (χ4v) is 3.22. The highest BCUT2D eigenvalue weighted by Crippen LogP contribution is 2.37. The first kappa shape index (κ1) is 15.2. The summed E-state index contributed by atoms with van der Waals surface area (Å²) in [5.41, 5.74) is 2.68. The highest BCUT2D eigenvalue weighted by atomic mass is 35.5. The normalized spacial score (nSPS) is 11.0. The van der Waals surface area contributed by atoms with E-state index in [0.29, 0.717) is 37.4 Å². The van der Waals surface area contributed by atoms with E-state index in [1.165, 1.54) is 0 Å². The van der Waals surface area contributed by atoms with Gasteiger partial charge in [-0.05, 0) is 29.8 Å². The summed E-state index contributed by atoms with van der Waals surface area (Å²) in [7, 11) is 0. The molecule has 2 aromatic carbocycles. The van der Waals surface area contributed by atoms with Crippen molar-refractivity contribution in [2.45, 2.75) is 6.42 Å². The number of para-hydroxylation sites is 1. The lowest BCUT2D eigenvalue weighted by molar-refractivity contribution is -0.136. The van der Waals surface area contributed by atoms with Crippen molar-refractivity contribution in [1.82, 2.24) is 4.98 Å². The van der Waals surface area contributed by atoms with Crippen LogP contribution in [0.2, 0.25) is 15.1 Å². The molecule has 0 aliphatic rings. The van der Waals surface area contributed by atoms with Gasteiger partial charge in [0.15, 0.2) is 0 Å². The first-order valence-electron chi connectivity index (χ1n) is 6.43. The summed E-state index contributed by atoms with van der Waals surface area (Å²) in [4.78, 5) is 14.4. The predicted octanol–water partition coefficient (Wildman–Crippen LogP) is 5.42. The van der Waals surface area contributed by atoms with Crippen LogP contribution in [0.5, 0.6) is 0 Å². The van der Waals surface area contributed by atoms with Gasteiger partial charge >= 0.3 is 5.97 Å². The third kappa shape index (κ3) is 2.68. The van der Waals surface area contributed by atoms with Gasteiger partial charge in [0.05, 0.1) is 27.7 Å². The quantitative estimate of drug-likeness (QED) is 0.659. The van der Waals surface area contributed by atoms with Gasteiger partial charge in [0.25, 0.3) is 0 Å². The lowest BCUT2D eigenvalue weighted by Crippen LogP contribution is -2.01. The lowest BCUT2D eigenvalue weighted by Gasteiger charge is -2.06. The molecular weight excluding hydrogens is 345 g/mol. The number of halogens is 3. The number of aromatic amines is 1. The summed E-state index contributed by atoms with van der Waals surface area (Å²) in [5, 5.41) is 11.5. The van der Waals surface area contributed by atoms with Gasteiger partial charge in [0, 0.05) is 16.0 Å². The number of aliphatic carboxylic acids is 1. The van der Waals surface area contributed by atoms with Gasteiger partial charge in [-0.25, -0.2) is 0 Å². The maximum Gasteiger partial charge on any atom is 0.307 e. The van der Waals surface area contributed by atoms with E-state index in [9.17, 15) is 9.90 Å². The second-order valence-corrected chi connectivity index (χ2v) is 6.09. The van der Waals surface area contributed by atoms with Crippen LogP contribution in [0.4, 0.5) is 0 Å². The second kappa shape index (κ2) is 5.84. The molecular formula is C16H10Cl3NO2. The van der Waals surface area contributed by atoms with Gasteiger partial charge in [-0.1, -0.05) is 46.9 Å². The number of fused-ring (bicyclic) bond motifs is 1. The number of rotatable bonds is 3. The van der Waals surface area contributed by atoms with Crippen molar-refractivity contribution in [1.29, 1.82) is 0 Å². The van der Waals surface area contributed by atoms with Crippen molar-refractivity contribution in [3.05, 3.63) is 57.0 Å². The highest BCUT2D eigenvalue weighted by Gasteiger charge is 2.18. The maximum absolute atomic E-state index is 11.2. The molecule has 0 bridgehead atoms. The van der Waals surface area contributed by atoms with E-state index in [4.69, 9.17) is 34.8 Å². The first-order valence-corrected chi connectivity index (χ1v) is 7.57. The van der Waals surface area contributed by atoms with E-state index < -0.39 is 5.97 Å². The number of H-pyrrole nitrogens is 1. The van der Waals surface area contributed by atoms with E-state index in [0.717, 1.165) is 5.39 Å². The fraction of sp³-hybridized carbons (Fsp3) is 0.0625. The Labute approximate surface area is 141 Å². The van der Waals surface area contributed by atoms with Crippen LogP contribution in [0.15, 0.2) is 36.4 Å². The molecule has 0 atom stereocenters. The number of nitrogens with one attached hydrogen (secondary N) is 1. The zero-order valence-corrected chi connectivity index (χ0v) is 13.4. The summed E-state index contributed by atoms with van der Waals surface area (Å²) in [6.07, 6.45) is -0.130. The molecule has 22 heavy (non-hydrogen) atoms. The smallest absolute Gasteiger partial charge is 0.307 e. The molecule has 0 amide bonds. The number of hydrogen-bond donors (Lipinski definition) is 2. The molecule has 0 spiro atoms. The van der Waals surface area contributed by atoms with Gasteiger partial charge in [-0.15, -0.1) is 0 Å². The molecule has 0 unspecified atom stereocenters. The summed E-state index contributed by atoms with van der Waals surface area (Å²) in [5.74, 6) is -0.924. The second-order valence-electron chi connectivity index (χ2n) is 4.84. The van der Waals surface area contributed by atoms with Gasteiger partial charge in [-0.3, -0.25) is 4.79 Å². The minimum Gasteiger partial charge on any atom is -0.481 e. The lowest BCUT2D eigenvalue weighted by atomic mass is 10.0. The van der Waals surface area contributed by atoms with Crippen LogP contribution in [0, 0.1) is 0 Å². The Bertz CT molecular complexity index is 886. The molecule has 3 nitrogen and oxygen atoms in total. The van der Waals surface area contributed by atoms with E-state index in [-0.39, 0.29) is 6.42 Å². The van der Waals surface area contributed by atoms with Gasteiger partial charge in [-0.2, -0.15) is 0 Å². The molecule has 0 radical (unpaired) electrons. The van der Waals surface area contributed by atoms with Crippen LogP contribution in [0.25, 0.3) is 22.2 Å². The Morgan fingerprint density at radius 3 is 2.55 bits per heavy atom. The Hall–Kier alpha value is -1.68. The molecule has 3 rings (SSSR count). The number of benzene rings is 2. The molecule has 6 heteroatoms. The molecule has 0 aliphatic heterocycles. The van der Waals surface area contributed by atoms with Gasteiger partial charge in [0.2, 0.25) is 0 Å². The zero-order chi connectivity index (χ0) is 15.9. The van der Waals surface area contributed by atoms with E-state index in [1.807, 2.05) is 6.07 Å². The summed E-state index contributed by atoms with van der Waals surface area (Å²) in [6, 6.07) is 10.5. The number of carboxylic acid groups (broad SMARTS) is 1. The van der Waals surface area contributed by atoms with Crippen molar-refractivity contribution < 1.29 is 9.90 Å². The van der Waals surface area contributed by atoms with Crippen molar-refractivity contribution in [3.63, 3.8) is 0 Å². The number of carboxylic acids is 1. The van der Waals surface area contributed by atoms with Crippen molar-refractivity contribution in [2.24, 2.45) is 0 Å². The first-order chi connectivity index (χ1) is 10.5. The molecule has 0 saturated carbocycles. The van der Waals surface area contributed by atoms with Crippen molar-refractivity contribution in [3.8, 4) is 11.3 Å². The predicted molar refractivity (Wildman–Crippen MR) is 90.1 cm³/mol. The van der Waals surface area contributed by atoms with Gasteiger partial charge in [0.1, 0.15) is 0 Å². The Kier molecular flexibility index (Phi) is 4.04. The average molecular weight is 355 g/mol. The highest BCUT2D eigenvalue weighted by molar-refractivity contribution is 6.37. The third-order valence-electron chi connectivity index (χ3n) is 3.42. The number of hydrogen-bond acceptors (Lipinski definition) is 1. The van der Waals surface area contributed by atoms with Crippen LogP contribution >= 0.6 is 34.8 Å². The summed E-state index contributed by atoms with van der Waals surface area (Å²) >= 11 is 18.4. The van der Waals surface area contributed by atoms with Crippen molar-refractivity contribution in [2.75, 3.05) is 0 Å². The summed E-state index contributed by atoms with van der Waals surface area (Å²) < 4.78 is 0. The number of aromatic nitrogens is 1. The van der Waals surface area contributed by atoms with E-state index in [1.54, 1.807) is 30.3 Å². The zero-order valence-electron chi connectivity index (χ0n) is 11.2. The third-order valence-corrected chi connectivity index (χ3v) is 4.28. The van der Waals surface area contributed by atoms with E-state index >= 15 is 0 Å². The standard InChI is InChI=1S/C16H10Cl3NO2/c17-8-4-5-10(13(19)6-8)15-11(7-14(21)22)9-2-1-3-12(18)16(9)20-15/h1-6,20H,7H2,(H,21,22). The molecule has 112 valence electrons. The largest absolute Gasteiger partial charge is 0.481 e. The van der Waals surface area contributed by atoms with E-state index in [2.05, 4.69) is 4.98 Å². The van der Waals surface area contributed by atoms with Crippen LogP contribution in [-0.2, 0) is 11.2 Å². The van der Waals surface area contributed by atoms with Crippen LogP contribution in [-0.4, -0.2) is 16.1 Å². The summed E-state index contributed by atoms with van der Waals surface area (Å²) in [6.45, 7) is 0. The Balaban J connectivity index is 2.32. The Morgan fingerprint density at radius 1 is 1.09 bits per heavy atom. The molecule has 2 N–H and O–H groups in total. The molecule has 1 heterocycles. The van der Waals surface area contributed by atoms with Crippen LogP contribution in [0.3, 0.4) is 0 Å². The van der Waals surface area contributed by atoms with Crippen LogP contribution in [0.1, 0.15) is 5.56 Å². The van der Waals surface area contributed by atoms with Crippen molar-refractivity contribution >= 4 is 51.7 Å². The minimum atomic E-state index is -0.924. The minimum absolute atomic E-state index is 0.130. The molecule has 0 aliphatic carbocycles. The topological polar surface area (TPSA) is 53.1 Å². The number of carbonyl (C=O) groups is 1. The molecule has 0 fully saturated rings. The SMILES string of the molecule is O=C(O)Cc1c(-c2ccc(Cl)cc2Cl)[nH]c2c(Cl)cccc12. The maximum atomic E-state index is 11.2. The fourth-order valence-electron chi connectivity index (χ4n) is 2.49. The monoisotopic (exact) mass is 353 g/mol. The molecule has 3 aromatic rings. The molecule has 1 aromatic heterocycles. The Morgan fingerprint density at radius 2 is 1.86 bits per heavy atom.